The van der Waals surface area contributed by atoms with Gasteiger partial charge in [0.25, 0.3) is 11.4 Å². The fraction of sp³-hybridized carbons (Fsp3) is 0.500. The number of sulfonamides is 1. The molecule has 2 bridgehead atoms. The summed E-state index contributed by atoms with van der Waals surface area (Å²) in [6.45, 7) is 0. The molecule has 3 atom stereocenters. The van der Waals surface area contributed by atoms with Crippen LogP contribution in [0.1, 0.15) is 19.3 Å². The van der Waals surface area contributed by atoms with Crippen LogP contribution in [0.2, 0.25) is 0 Å². The Morgan fingerprint density at radius 1 is 1.17 bits per heavy atom. The van der Waals surface area contributed by atoms with E-state index in [2.05, 4.69) is 10.0 Å². The van der Waals surface area contributed by atoms with Gasteiger partial charge in [-0.05, 0) is 25.3 Å². The van der Waals surface area contributed by atoms with E-state index in [1.54, 1.807) is 0 Å². The van der Waals surface area contributed by atoms with Crippen molar-refractivity contribution < 1.29 is 18.3 Å². The maximum Gasteiger partial charge on any atom is 0.296 e. The highest BCUT2D eigenvalue weighted by molar-refractivity contribution is 7.89. The maximum atomic E-state index is 12.5. The van der Waals surface area contributed by atoms with Crippen molar-refractivity contribution in [3.63, 3.8) is 0 Å². The lowest BCUT2D eigenvalue weighted by Crippen LogP contribution is -2.42. The SMILES string of the molecule is O=[N+]([O-])c1ccc(S(=O)(=O)NC2C[C@H]3CC[C@@H]2N3)c([N+](=O)[O-])c1. The summed E-state index contributed by atoms with van der Waals surface area (Å²) in [7, 11) is -4.14. The maximum absolute atomic E-state index is 12.5. The zero-order chi connectivity index (χ0) is 16.8. The van der Waals surface area contributed by atoms with Gasteiger partial charge in [-0.3, -0.25) is 20.2 Å². The highest BCUT2D eigenvalue weighted by Crippen LogP contribution is 2.32. The van der Waals surface area contributed by atoms with E-state index in [1.807, 2.05) is 0 Å². The third kappa shape index (κ3) is 2.90. The summed E-state index contributed by atoms with van der Waals surface area (Å²) in [6, 6.07) is 2.47. The van der Waals surface area contributed by atoms with Crippen LogP contribution in [0, 0.1) is 20.2 Å². The molecule has 1 aromatic carbocycles. The van der Waals surface area contributed by atoms with E-state index in [0.717, 1.165) is 25.0 Å². The molecule has 1 unspecified atom stereocenters. The molecule has 124 valence electrons. The van der Waals surface area contributed by atoms with E-state index >= 15 is 0 Å². The lowest BCUT2D eigenvalue weighted by atomic mass is 9.96. The van der Waals surface area contributed by atoms with Crippen molar-refractivity contribution >= 4 is 21.4 Å². The molecule has 11 heteroatoms. The van der Waals surface area contributed by atoms with Crippen LogP contribution < -0.4 is 10.0 Å². The van der Waals surface area contributed by atoms with Crippen LogP contribution in [0.15, 0.2) is 23.1 Å². The minimum atomic E-state index is -4.14. The molecule has 2 N–H and O–H groups in total. The Balaban J connectivity index is 1.93. The van der Waals surface area contributed by atoms with E-state index in [4.69, 9.17) is 0 Å². The summed E-state index contributed by atoms with van der Waals surface area (Å²) in [6.07, 6.45) is 2.46. The average Bonchev–Trinajstić information content (AvgIpc) is 3.08. The van der Waals surface area contributed by atoms with Gasteiger partial charge in [0.15, 0.2) is 4.90 Å². The average molecular weight is 342 g/mol. The smallest absolute Gasteiger partial charge is 0.296 e. The molecule has 2 aliphatic heterocycles. The van der Waals surface area contributed by atoms with Crippen LogP contribution in [0.3, 0.4) is 0 Å². The first-order valence-electron chi connectivity index (χ1n) is 6.99. The highest BCUT2D eigenvalue weighted by atomic mass is 32.2. The van der Waals surface area contributed by atoms with Crippen LogP contribution in [-0.4, -0.2) is 36.4 Å². The van der Waals surface area contributed by atoms with Gasteiger partial charge in [-0.15, -0.1) is 0 Å². The van der Waals surface area contributed by atoms with E-state index in [-0.39, 0.29) is 18.1 Å². The number of nitro groups is 2. The van der Waals surface area contributed by atoms with Crippen molar-refractivity contribution in [1.29, 1.82) is 0 Å². The molecule has 0 aliphatic carbocycles. The molecule has 3 rings (SSSR count). The minimum Gasteiger partial charge on any atom is -0.310 e. The second-order valence-electron chi connectivity index (χ2n) is 5.68. The van der Waals surface area contributed by atoms with Crippen LogP contribution in [0.4, 0.5) is 11.4 Å². The summed E-state index contributed by atoms with van der Waals surface area (Å²) in [5, 5.41) is 25.1. The van der Waals surface area contributed by atoms with Crippen molar-refractivity contribution in [2.75, 3.05) is 0 Å². The highest BCUT2D eigenvalue weighted by Gasteiger charge is 2.42. The molecule has 2 fully saturated rings. The second-order valence-corrected chi connectivity index (χ2v) is 7.36. The quantitative estimate of drug-likeness (QED) is 0.591. The molecule has 0 aromatic heterocycles. The normalized spacial score (nSPS) is 26.3. The molecule has 0 spiro atoms. The minimum absolute atomic E-state index is 0.0203. The van der Waals surface area contributed by atoms with E-state index in [1.165, 1.54) is 0 Å². The van der Waals surface area contributed by atoms with Gasteiger partial charge >= 0.3 is 0 Å². The largest absolute Gasteiger partial charge is 0.310 e. The van der Waals surface area contributed by atoms with Gasteiger partial charge in [0.2, 0.25) is 10.0 Å². The number of non-ortho nitro benzene ring substituents is 1. The van der Waals surface area contributed by atoms with Gasteiger partial charge in [-0.25, -0.2) is 13.1 Å². The lowest BCUT2D eigenvalue weighted by molar-refractivity contribution is -0.396. The predicted molar refractivity (Wildman–Crippen MR) is 78.4 cm³/mol. The van der Waals surface area contributed by atoms with Crippen LogP contribution in [0.5, 0.6) is 0 Å². The third-order valence-corrected chi connectivity index (χ3v) is 5.78. The first-order valence-corrected chi connectivity index (χ1v) is 8.47. The molecule has 10 nitrogen and oxygen atoms in total. The first-order chi connectivity index (χ1) is 10.8. The molecular formula is C12H14N4O6S. The van der Waals surface area contributed by atoms with Gasteiger partial charge in [-0.2, -0.15) is 0 Å². The first kappa shape index (κ1) is 15.8. The number of hydrogen-bond donors (Lipinski definition) is 2. The topological polar surface area (TPSA) is 144 Å². The summed E-state index contributed by atoms with van der Waals surface area (Å²) < 4.78 is 27.4. The molecule has 2 aliphatic rings. The van der Waals surface area contributed by atoms with E-state index in [9.17, 15) is 28.6 Å². The number of nitrogens with one attached hydrogen (secondary N) is 2. The van der Waals surface area contributed by atoms with Gasteiger partial charge in [-0.1, -0.05) is 0 Å². The molecule has 0 saturated carbocycles. The van der Waals surface area contributed by atoms with E-state index < -0.39 is 36.1 Å². The summed E-state index contributed by atoms with van der Waals surface area (Å²) in [5.41, 5.74) is -1.33. The summed E-state index contributed by atoms with van der Waals surface area (Å²) in [5.74, 6) is 0. The van der Waals surface area contributed by atoms with Crippen LogP contribution in [-0.2, 0) is 10.0 Å². The Morgan fingerprint density at radius 3 is 2.43 bits per heavy atom. The number of nitro benzene ring substituents is 2. The van der Waals surface area contributed by atoms with Crippen molar-refractivity contribution in [1.82, 2.24) is 10.0 Å². The number of rotatable bonds is 5. The van der Waals surface area contributed by atoms with E-state index in [0.29, 0.717) is 12.5 Å². The third-order valence-electron chi connectivity index (χ3n) is 4.25. The number of fused-ring (bicyclic) bond motifs is 2. The molecule has 1 aromatic rings. The van der Waals surface area contributed by atoms with Gasteiger partial charge < -0.3 is 5.32 Å². The Bertz CT molecular complexity index is 780. The molecule has 0 radical (unpaired) electrons. The monoisotopic (exact) mass is 342 g/mol. The van der Waals surface area contributed by atoms with Crippen LogP contribution in [0.25, 0.3) is 0 Å². The van der Waals surface area contributed by atoms with Gasteiger partial charge in [0.05, 0.1) is 15.9 Å². The van der Waals surface area contributed by atoms with Crippen molar-refractivity contribution in [3.05, 3.63) is 38.4 Å². The zero-order valence-corrected chi connectivity index (χ0v) is 12.7. The Kier molecular flexibility index (Phi) is 3.78. The van der Waals surface area contributed by atoms with Crippen molar-refractivity contribution in [2.24, 2.45) is 0 Å². The molecule has 23 heavy (non-hydrogen) atoms. The summed E-state index contributed by atoms with van der Waals surface area (Å²) >= 11 is 0. The number of hydrogen-bond acceptors (Lipinski definition) is 7. The van der Waals surface area contributed by atoms with Gasteiger partial charge in [0.1, 0.15) is 0 Å². The number of benzene rings is 1. The Morgan fingerprint density at radius 2 is 1.91 bits per heavy atom. The Labute approximate surface area is 131 Å². The summed E-state index contributed by atoms with van der Waals surface area (Å²) in [4.78, 5) is 19.5. The van der Waals surface area contributed by atoms with Crippen molar-refractivity contribution in [2.45, 2.75) is 42.3 Å². The molecule has 2 heterocycles. The standard InChI is InChI=1S/C12H14N4O6S/c17-15(18)8-2-4-12(11(6-8)16(19)20)23(21,22)14-10-5-7-1-3-9(10)13-7/h2,4,6-7,9-10,13-14H,1,3,5H2/t7-,9+,10?/m1/s1. The zero-order valence-electron chi connectivity index (χ0n) is 11.8. The fourth-order valence-electron chi connectivity index (χ4n) is 3.21. The fourth-order valence-corrected chi connectivity index (χ4v) is 4.65. The second kappa shape index (κ2) is 5.51. The lowest BCUT2D eigenvalue weighted by Gasteiger charge is -2.21. The molecule has 0 amide bonds. The Hall–Kier alpha value is -2.11. The molecular weight excluding hydrogens is 328 g/mol. The van der Waals surface area contributed by atoms with Crippen molar-refractivity contribution in [3.8, 4) is 0 Å². The van der Waals surface area contributed by atoms with Crippen LogP contribution >= 0.6 is 0 Å². The predicted octanol–water partition coefficient (Wildman–Crippen LogP) is 0.674. The number of nitrogens with zero attached hydrogens (tertiary/aromatic N) is 2. The molecule has 2 saturated heterocycles. The van der Waals surface area contributed by atoms with Gasteiger partial charge in [0, 0.05) is 24.2 Å².